The number of hydrogen-bond donors (Lipinski definition) is 1. The van der Waals surface area contributed by atoms with E-state index in [0.29, 0.717) is 10.8 Å². The van der Waals surface area contributed by atoms with Crippen molar-refractivity contribution in [2.45, 2.75) is 19.9 Å². The molecule has 0 spiro atoms. The molecule has 1 atom stereocenters. The lowest BCUT2D eigenvalue weighted by molar-refractivity contribution is -0.123. The van der Waals surface area contributed by atoms with Crippen molar-refractivity contribution in [3.8, 4) is 5.75 Å². The molecule has 0 saturated carbocycles. The number of benzene rings is 2. The van der Waals surface area contributed by atoms with Crippen LogP contribution in [-0.2, 0) is 4.79 Å². The molecule has 2 aromatic rings. The van der Waals surface area contributed by atoms with Gasteiger partial charge in [-0.05, 0) is 37.1 Å². The van der Waals surface area contributed by atoms with Crippen LogP contribution in [0.2, 0.25) is 5.02 Å². The first kappa shape index (κ1) is 16.8. The highest BCUT2D eigenvalue weighted by Crippen LogP contribution is 2.31. The largest absolute Gasteiger partial charge is 0.482 e. The number of nitrogens with one attached hydrogen (secondary N) is 1. The lowest BCUT2D eigenvalue weighted by Crippen LogP contribution is -2.31. The van der Waals surface area contributed by atoms with Crippen LogP contribution in [-0.4, -0.2) is 12.5 Å². The van der Waals surface area contributed by atoms with E-state index in [1.165, 1.54) is 0 Å². The van der Waals surface area contributed by atoms with Crippen LogP contribution in [0.1, 0.15) is 24.1 Å². The molecule has 0 saturated heterocycles. The SMILES string of the molecule is Cc1cc(Br)cc(Cl)c1OCC(=O)N[C@@H](C)c1ccccc1. The standard InChI is InChI=1S/C17H17BrClNO2/c1-11-8-14(18)9-15(19)17(11)22-10-16(21)20-12(2)13-6-4-3-5-7-13/h3-9,12H,10H2,1-2H3,(H,20,21)/t12-/m0/s1. The number of amides is 1. The van der Waals surface area contributed by atoms with Crippen molar-refractivity contribution >= 4 is 33.4 Å². The number of aryl methyl sites for hydroxylation is 1. The normalized spacial score (nSPS) is 11.8. The highest BCUT2D eigenvalue weighted by Gasteiger charge is 2.12. The van der Waals surface area contributed by atoms with Gasteiger partial charge in [-0.2, -0.15) is 0 Å². The minimum Gasteiger partial charge on any atom is -0.482 e. The van der Waals surface area contributed by atoms with Gasteiger partial charge in [-0.1, -0.05) is 57.9 Å². The molecule has 0 bridgehead atoms. The van der Waals surface area contributed by atoms with E-state index in [1.807, 2.05) is 50.2 Å². The number of rotatable bonds is 5. The van der Waals surface area contributed by atoms with E-state index in [-0.39, 0.29) is 18.6 Å². The number of carbonyl (C=O) groups excluding carboxylic acids is 1. The smallest absolute Gasteiger partial charge is 0.258 e. The van der Waals surface area contributed by atoms with Crippen molar-refractivity contribution in [2.24, 2.45) is 0 Å². The van der Waals surface area contributed by atoms with Gasteiger partial charge in [0.25, 0.3) is 5.91 Å². The first-order valence-electron chi connectivity index (χ1n) is 6.90. The van der Waals surface area contributed by atoms with Crippen LogP contribution < -0.4 is 10.1 Å². The maximum atomic E-state index is 12.0. The van der Waals surface area contributed by atoms with E-state index in [4.69, 9.17) is 16.3 Å². The van der Waals surface area contributed by atoms with Gasteiger partial charge in [-0.25, -0.2) is 0 Å². The maximum absolute atomic E-state index is 12.0. The Kier molecular flexibility index (Phi) is 5.86. The molecule has 2 aromatic carbocycles. The van der Waals surface area contributed by atoms with Crippen LogP contribution in [0.5, 0.6) is 5.75 Å². The molecule has 0 heterocycles. The zero-order valence-corrected chi connectivity index (χ0v) is 14.7. The van der Waals surface area contributed by atoms with Gasteiger partial charge in [0.1, 0.15) is 5.75 Å². The molecule has 0 aromatic heterocycles. The molecule has 1 N–H and O–H groups in total. The zero-order chi connectivity index (χ0) is 16.1. The summed E-state index contributed by atoms with van der Waals surface area (Å²) in [6, 6.07) is 13.3. The Morgan fingerprint density at radius 3 is 2.64 bits per heavy atom. The second-order valence-electron chi connectivity index (χ2n) is 5.02. The minimum atomic E-state index is -0.185. The van der Waals surface area contributed by atoms with Gasteiger partial charge in [0.2, 0.25) is 0 Å². The third kappa shape index (κ3) is 4.49. The number of ether oxygens (including phenoxy) is 1. The van der Waals surface area contributed by atoms with Crippen molar-refractivity contribution < 1.29 is 9.53 Å². The molecule has 116 valence electrons. The second kappa shape index (κ2) is 7.65. The summed E-state index contributed by atoms with van der Waals surface area (Å²) in [5.41, 5.74) is 1.93. The molecule has 0 aliphatic rings. The van der Waals surface area contributed by atoms with Gasteiger partial charge in [0.15, 0.2) is 6.61 Å². The molecular weight excluding hydrogens is 366 g/mol. The predicted molar refractivity (Wildman–Crippen MR) is 92.4 cm³/mol. The Hall–Kier alpha value is -1.52. The quantitative estimate of drug-likeness (QED) is 0.816. The second-order valence-corrected chi connectivity index (χ2v) is 6.35. The fourth-order valence-electron chi connectivity index (χ4n) is 2.12. The summed E-state index contributed by atoms with van der Waals surface area (Å²) < 4.78 is 6.44. The zero-order valence-electron chi connectivity index (χ0n) is 12.4. The molecule has 3 nitrogen and oxygen atoms in total. The van der Waals surface area contributed by atoms with Gasteiger partial charge < -0.3 is 10.1 Å². The maximum Gasteiger partial charge on any atom is 0.258 e. The van der Waals surface area contributed by atoms with Crippen molar-refractivity contribution in [1.29, 1.82) is 0 Å². The Labute approximate surface area is 143 Å². The predicted octanol–water partition coefficient (Wildman–Crippen LogP) is 4.67. The number of hydrogen-bond acceptors (Lipinski definition) is 2. The van der Waals surface area contributed by atoms with E-state index in [9.17, 15) is 4.79 Å². The fourth-order valence-corrected chi connectivity index (χ4v) is 3.14. The van der Waals surface area contributed by atoms with E-state index >= 15 is 0 Å². The Morgan fingerprint density at radius 1 is 1.32 bits per heavy atom. The van der Waals surface area contributed by atoms with Gasteiger partial charge in [-0.3, -0.25) is 4.79 Å². The molecule has 2 rings (SSSR count). The third-order valence-electron chi connectivity index (χ3n) is 3.22. The topological polar surface area (TPSA) is 38.3 Å². The average Bonchev–Trinajstić information content (AvgIpc) is 2.47. The summed E-state index contributed by atoms with van der Waals surface area (Å²) in [6.07, 6.45) is 0. The summed E-state index contributed by atoms with van der Waals surface area (Å²) in [5, 5.41) is 3.38. The molecule has 0 unspecified atom stereocenters. The lowest BCUT2D eigenvalue weighted by atomic mass is 10.1. The summed E-state index contributed by atoms with van der Waals surface area (Å²) in [7, 11) is 0. The molecule has 1 amide bonds. The Bertz CT molecular complexity index is 638. The molecule has 0 radical (unpaired) electrons. The monoisotopic (exact) mass is 381 g/mol. The summed E-state index contributed by atoms with van der Waals surface area (Å²) in [5.74, 6) is 0.349. The average molecular weight is 383 g/mol. The Balaban J connectivity index is 1.94. The van der Waals surface area contributed by atoms with E-state index in [0.717, 1.165) is 15.6 Å². The lowest BCUT2D eigenvalue weighted by Gasteiger charge is -2.16. The van der Waals surface area contributed by atoms with Gasteiger partial charge in [0.05, 0.1) is 11.1 Å². The summed E-state index contributed by atoms with van der Waals surface area (Å²) in [4.78, 5) is 12.0. The van der Waals surface area contributed by atoms with Crippen molar-refractivity contribution in [3.05, 3.63) is 63.1 Å². The summed E-state index contributed by atoms with van der Waals surface area (Å²) in [6.45, 7) is 3.75. The van der Waals surface area contributed by atoms with Crippen molar-refractivity contribution in [3.63, 3.8) is 0 Å². The first-order chi connectivity index (χ1) is 10.5. The van der Waals surface area contributed by atoms with Crippen LogP contribution in [0.3, 0.4) is 0 Å². The van der Waals surface area contributed by atoms with Crippen LogP contribution in [0.15, 0.2) is 46.9 Å². The van der Waals surface area contributed by atoms with Crippen LogP contribution in [0.25, 0.3) is 0 Å². The van der Waals surface area contributed by atoms with Crippen LogP contribution in [0.4, 0.5) is 0 Å². The van der Waals surface area contributed by atoms with Gasteiger partial charge >= 0.3 is 0 Å². The van der Waals surface area contributed by atoms with Gasteiger partial charge in [0, 0.05) is 4.47 Å². The molecule has 22 heavy (non-hydrogen) atoms. The van der Waals surface area contributed by atoms with E-state index < -0.39 is 0 Å². The first-order valence-corrected chi connectivity index (χ1v) is 8.07. The minimum absolute atomic E-state index is 0.0701. The molecule has 0 aliphatic carbocycles. The molecule has 0 aliphatic heterocycles. The highest BCUT2D eigenvalue weighted by atomic mass is 79.9. The van der Waals surface area contributed by atoms with Crippen LogP contribution >= 0.6 is 27.5 Å². The van der Waals surface area contributed by atoms with E-state index in [1.54, 1.807) is 6.07 Å². The Morgan fingerprint density at radius 2 is 2.00 bits per heavy atom. The number of halogens is 2. The highest BCUT2D eigenvalue weighted by molar-refractivity contribution is 9.10. The fraction of sp³-hybridized carbons (Fsp3) is 0.235. The van der Waals surface area contributed by atoms with Gasteiger partial charge in [-0.15, -0.1) is 0 Å². The molecule has 0 fully saturated rings. The van der Waals surface area contributed by atoms with Crippen LogP contribution in [0, 0.1) is 6.92 Å². The van der Waals surface area contributed by atoms with Crippen molar-refractivity contribution in [1.82, 2.24) is 5.32 Å². The van der Waals surface area contributed by atoms with Crippen molar-refractivity contribution in [2.75, 3.05) is 6.61 Å². The molecule has 5 heteroatoms. The number of carbonyl (C=O) groups is 1. The van der Waals surface area contributed by atoms with E-state index in [2.05, 4.69) is 21.2 Å². The molecular formula is C17H17BrClNO2. The third-order valence-corrected chi connectivity index (χ3v) is 3.96. The summed E-state index contributed by atoms with van der Waals surface area (Å²) >= 11 is 9.50.